The highest BCUT2D eigenvalue weighted by molar-refractivity contribution is 6.44. The average Bonchev–Trinajstić information content (AvgIpc) is 2.76. The molecular weight excluding hydrogens is 461 g/mol. The van der Waals surface area contributed by atoms with Crippen molar-refractivity contribution in [2.24, 2.45) is 5.10 Å². The number of carbonyl (C=O) groups excluding carboxylic acids is 3. The molecular formula is C21H21Cl2N3O6. The van der Waals surface area contributed by atoms with Gasteiger partial charge in [0.05, 0.1) is 35.7 Å². The molecule has 0 fully saturated rings. The third-order valence-electron chi connectivity index (χ3n) is 3.79. The number of benzene rings is 2. The fourth-order valence-corrected chi connectivity index (χ4v) is 2.69. The predicted octanol–water partition coefficient (Wildman–Crippen LogP) is 3.42. The molecule has 2 rings (SSSR count). The number of ether oxygens (including phenoxy) is 3. The van der Waals surface area contributed by atoms with Gasteiger partial charge in [0.2, 0.25) is 11.8 Å². The van der Waals surface area contributed by atoms with Gasteiger partial charge < -0.3 is 19.5 Å². The second-order valence-electron chi connectivity index (χ2n) is 6.12. The lowest BCUT2D eigenvalue weighted by Gasteiger charge is -2.11. The highest BCUT2D eigenvalue weighted by atomic mass is 35.5. The molecule has 2 amide bonds. The van der Waals surface area contributed by atoms with Crippen molar-refractivity contribution >= 4 is 52.9 Å². The van der Waals surface area contributed by atoms with E-state index in [2.05, 4.69) is 20.6 Å². The van der Waals surface area contributed by atoms with E-state index in [0.29, 0.717) is 29.4 Å². The van der Waals surface area contributed by atoms with Crippen LogP contribution in [0.15, 0.2) is 41.5 Å². The Labute approximate surface area is 194 Å². The molecule has 0 saturated heterocycles. The highest BCUT2D eigenvalue weighted by Crippen LogP contribution is 2.30. The molecule has 32 heavy (non-hydrogen) atoms. The van der Waals surface area contributed by atoms with Crippen LogP contribution in [0.5, 0.6) is 11.5 Å². The number of anilines is 1. The molecule has 170 valence electrons. The maximum Gasteiger partial charge on any atom is 0.343 e. The third-order valence-corrected chi connectivity index (χ3v) is 4.61. The monoisotopic (exact) mass is 481 g/mol. The van der Waals surface area contributed by atoms with Crippen molar-refractivity contribution in [3.8, 4) is 11.5 Å². The summed E-state index contributed by atoms with van der Waals surface area (Å²) in [6.45, 7) is 1.91. The molecule has 0 unspecified atom stereocenters. The second-order valence-corrected chi connectivity index (χ2v) is 6.91. The number of methoxy groups -OCH3 is 1. The van der Waals surface area contributed by atoms with Crippen LogP contribution in [0.4, 0.5) is 5.69 Å². The average molecular weight is 482 g/mol. The Hall–Kier alpha value is -3.30. The van der Waals surface area contributed by atoms with Gasteiger partial charge in [0, 0.05) is 0 Å². The van der Waals surface area contributed by atoms with Gasteiger partial charge >= 0.3 is 5.97 Å². The van der Waals surface area contributed by atoms with Crippen molar-refractivity contribution in [3.05, 3.63) is 52.0 Å². The quantitative estimate of drug-likeness (QED) is 0.232. The van der Waals surface area contributed by atoms with E-state index >= 15 is 0 Å². The largest absolute Gasteiger partial charge is 0.490 e. The Balaban J connectivity index is 1.92. The first-order valence-corrected chi connectivity index (χ1v) is 10.1. The van der Waals surface area contributed by atoms with E-state index < -0.39 is 24.2 Å². The molecule has 11 heteroatoms. The number of hydrogen-bond acceptors (Lipinski definition) is 7. The topological polar surface area (TPSA) is 115 Å². The summed E-state index contributed by atoms with van der Waals surface area (Å²) in [5.41, 5.74) is 3.16. The van der Waals surface area contributed by atoms with E-state index in [1.54, 1.807) is 43.3 Å². The Bertz CT molecular complexity index is 1010. The van der Waals surface area contributed by atoms with Gasteiger partial charge in [-0.25, -0.2) is 10.2 Å². The fourth-order valence-electron chi connectivity index (χ4n) is 2.35. The molecule has 0 radical (unpaired) electrons. The fraction of sp³-hybridized carbons (Fsp3) is 0.238. The number of nitrogens with one attached hydrogen (secondary N) is 2. The first-order chi connectivity index (χ1) is 15.3. The number of esters is 1. The zero-order chi connectivity index (χ0) is 23.5. The first kappa shape index (κ1) is 25.0. The van der Waals surface area contributed by atoms with E-state index in [9.17, 15) is 14.4 Å². The normalized spacial score (nSPS) is 10.5. The van der Waals surface area contributed by atoms with Crippen molar-refractivity contribution in [1.82, 2.24) is 5.43 Å². The maximum atomic E-state index is 12.0. The van der Waals surface area contributed by atoms with Gasteiger partial charge in [-0.1, -0.05) is 29.3 Å². The zero-order valence-corrected chi connectivity index (χ0v) is 18.8. The minimum absolute atomic E-state index is 0.185. The van der Waals surface area contributed by atoms with Crippen LogP contribution in [0.25, 0.3) is 0 Å². The van der Waals surface area contributed by atoms with Gasteiger partial charge in [-0.3, -0.25) is 9.59 Å². The molecule has 9 nitrogen and oxygen atoms in total. The maximum absolute atomic E-state index is 12.0. The molecule has 0 aliphatic rings. The van der Waals surface area contributed by atoms with Crippen LogP contribution in [0.1, 0.15) is 18.9 Å². The Morgan fingerprint density at radius 2 is 1.84 bits per heavy atom. The third kappa shape index (κ3) is 7.75. The van der Waals surface area contributed by atoms with Crippen LogP contribution >= 0.6 is 23.2 Å². The molecule has 0 bridgehead atoms. The summed E-state index contributed by atoms with van der Waals surface area (Å²) < 4.78 is 15.4. The summed E-state index contributed by atoms with van der Waals surface area (Å²) in [4.78, 5) is 35.2. The van der Waals surface area contributed by atoms with E-state index in [4.69, 9.17) is 32.7 Å². The molecule has 0 aromatic heterocycles. The lowest BCUT2D eigenvalue weighted by atomic mass is 10.2. The van der Waals surface area contributed by atoms with Crippen LogP contribution in [0.3, 0.4) is 0 Å². The van der Waals surface area contributed by atoms with Crippen molar-refractivity contribution in [2.75, 3.05) is 25.6 Å². The molecule has 0 aliphatic heterocycles. The van der Waals surface area contributed by atoms with Crippen molar-refractivity contribution in [1.29, 1.82) is 0 Å². The lowest BCUT2D eigenvalue weighted by molar-refractivity contribution is -0.143. The predicted molar refractivity (Wildman–Crippen MR) is 121 cm³/mol. The van der Waals surface area contributed by atoms with Crippen LogP contribution in [0.2, 0.25) is 10.0 Å². The van der Waals surface area contributed by atoms with Crippen LogP contribution < -0.4 is 20.2 Å². The number of nitrogens with zero attached hydrogens (tertiary/aromatic N) is 1. The van der Waals surface area contributed by atoms with Crippen molar-refractivity contribution in [3.63, 3.8) is 0 Å². The van der Waals surface area contributed by atoms with Crippen molar-refractivity contribution < 1.29 is 28.6 Å². The zero-order valence-electron chi connectivity index (χ0n) is 17.3. The minimum atomic E-state index is -0.625. The van der Waals surface area contributed by atoms with Gasteiger partial charge in [-0.15, -0.1) is 0 Å². The Morgan fingerprint density at radius 3 is 2.56 bits per heavy atom. The molecule has 2 aromatic rings. The number of rotatable bonds is 10. The van der Waals surface area contributed by atoms with Crippen LogP contribution in [0, 0.1) is 0 Å². The summed E-state index contributed by atoms with van der Waals surface area (Å²) in [6, 6.07) is 9.64. The highest BCUT2D eigenvalue weighted by Gasteiger charge is 2.12. The number of carbonyl (C=O) groups is 3. The van der Waals surface area contributed by atoms with Gasteiger partial charge in [-0.2, -0.15) is 5.10 Å². The Kier molecular flexibility index (Phi) is 9.77. The smallest absolute Gasteiger partial charge is 0.343 e. The number of halogens is 2. The molecule has 2 N–H and O–H groups in total. The molecule has 0 atom stereocenters. The van der Waals surface area contributed by atoms with Crippen LogP contribution in [-0.2, 0) is 19.1 Å². The van der Waals surface area contributed by atoms with Crippen LogP contribution in [-0.4, -0.2) is 44.3 Å². The van der Waals surface area contributed by atoms with Gasteiger partial charge in [-0.05, 0) is 42.8 Å². The van der Waals surface area contributed by atoms with E-state index in [0.717, 1.165) is 0 Å². The van der Waals surface area contributed by atoms with E-state index in [1.165, 1.54) is 13.3 Å². The summed E-state index contributed by atoms with van der Waals surface area (Å²) >= 11 is 11.9. The van der Waals surface area contributed by atoms with Gasteiger partial charge in [0.1, 0.15) is 6.42 Å². The summed E-state index contributed by atoms with van der Waals surface area (Å²) in [7, 11) is 1.26. The molecule has 0 spiro atoms. The summed E-state index contributed by atoms with van der Waals surface area (Å²) in [5, 5.41) is 6.81. The second kappa shape index (κ2) is 12.5. The van der Waals surface area contributed by atoms with Gasteiger partial charge in [0.25, 0.3) is 0 Å². The molecule has 0 saturated carbocycles. The standard InChI is InChI=1S/C21H21Cl2N3O6/c1-3-31-17-9-13(7-8-16(17)32-12-20(29)30-2)11-24-26-19(28)10-18(27)25-15-6-4-5-14(22)21(15)23/h4-9,11H,3,10,12H2,1-2H3,(H,25,27)(H,26,28). The summed E-state index contributed by atoms with van der Waals surface area (Å²) in [6.07, 6.45) is 0.904. The minimum Gasteiger partial charge on any atom is -0.490 e. The SMILES string of the molecule is CCOc1cc(C=NNC(=O)CC(=O)Nc2cccc(Cl)c2Cl)ccc1OCC(=O)OC. The van der Waals surface area contributed by atoms with Gasteiger partial charge in [0.15, 0.2) is 18.1 Å². The molecule has 2 aromatic carbocycles. The number of hydrogen-bond donors (Lipinski definition) is 2. The van der Waals surface area contributed by atoms with E-state index in [-0.39, 0.29) is 16.7 Å². The lowest BCUT2D eigenvalue weighted by Crippen LogP contribution is -2.24. The van der Waals surface area contributed by atoms with E-state index in [1.807, 2.05) is 0 Å². The number of hydrazone groups is 1. The summed E-state index contributed by atoms with van der Waals surface area (Å²) in [5.74, 6) is -0.978. The van der Waals surface area contributed by atoms with Crippen molar-refractivity contribution in [2.45, 2.75) is 13.3 Å². The number of amides is 2. The Morgan fingerprint density at radius 1 is 1.06 bits per heavy atom. The molecule has 0 heterocycles. The first-order valence-electron chi connectivity index (χ1n) is 9.36. The molecule has 0 aliphatic carbocycles.